The van der Waals surface area contributed by atoms with Crippen molar-refractivity contribution in [1.29, 1.82) is 0 Å². The maximum Gasteiger partial charge on any atom is 0.332 e. The zero-order chi connectivity index (χ0) is 17.8. The highest BCUT2D eigenvalue weighted by Gasteiger charge is 2.49. The van der Waals surface area contributed by atoms with E-state index in [9.17, 15) is 14.7 Å². The number of carbonyl (C=O) groups is 2. The smallest absolute Gasteiger partial charge is 0.332 e. The van der Waals surface area contributed by atoms with Gasteiger partial charge in [-0.2, -0.15) is 0 Å². The molecule has 2 aromatic carbocycles. The minimum atomic E-state index is -0.492. The van der Waals surface area contributed by atoms with Gasteiger partial charge in [0.25, 0.3) is 5.91 Å². The third-order valence-electron chi connectivity index (χ3n) is 5.39. The van der Waals surface area contributed by atoms with Gasteiger partial charge >= 0.3 is 6.03 Å². The van der Waals surface area contributed by atoms with Crippen molar-refractivity contribution in [2.75, 3.05) is 4.90 Å². The van der Waals surface area contributed by atoms with Gasteiger partial charge in [0, 0.05) is 17.5 Å². The van der Waals surface area contributed by atoms with Crippen LogP contribution in [0.15, 0.2) is 54.6 Å². The van der Waals surface area contributed by atoms with Gasteiger partial charge in [0.05, 0.1) is 17.7 Å². The molecule has 1 fully saturated rings. The van der Waals surface area contributed by atoms with Crippen LogP contribution < -0.4 is 4.90 Å². The second kappa shape index (κ2) is 5.44. The van der Waals surface area contributed by atoms with Crippen molar-refractivity contribution in [1.82, 2.24) is 9.47 Å². The Kier molecular flexibility index (Phi) is 3.17. The van der Waals surface area contributed by atoms with Crippen molar-refractivity contribution in [3.05, 3.63) is 65.9 Å². The number of amides is 3. The minimum Gasteiger partial charge on any atom is -0.376 e. The molecule has 3 amide bonds. The Bertz CT molecular complexity index is 1040. The molecule has 1 N–H and O–H groups in total. The average Bonchev–Trinajstić information content (AvgIpc) is 3.12. The number of nitrogens with zero attached hydrogens (tertiary/aromatic N) is 3. The van der Waals surface area contributed by atoms with Gasteiger partial charge in [-0.1, -0.05) is 36.4 Å². The number of hydrogen-bond donors (Lipinski definition) is 1. The van der Waals surface area contributed by atoms with Gasteiger partial charge in [0.1, 0.15) is 12.8 Å². The number of fused-ring (bicyclic) bond motifs is 4. The molecule has 2 aliphatic heterocycles. The van der Waals surface area contributed by atoms with E-state index in [1.165, 1.54) is 4.90 Å². The lowest BCUT2D eigenvalue weighted by atomic mass is 9.97. The summed E-state index contributed by atoms with van der Waals surface area (Å²) < 4.78 is 1.82. The van der Waals surface area contributed by atoms with Gasteiger partial charge in [-0.15, -0.1) is 0 Å². The number of aromatic nitrogens is 1. The van der Waals surface area contributed by atoms with Crippen LogP contribution in [0.4, 0.5) is 10.5 Å². The number of para-hydroxylation sites is 2. The largest absolute Gasteiger partial charge is 0.376 e. The van der Waals surface area contributed by atoms with E-state index < -0.39 is 6.04 Å². The van der Waals surface area contributed by atoms with Crippen LogP contribution in [-0.4, -0.2) is 32.6 Å². The number of anilines is 1. The van der Waals surface area contributed by atoms with Crippen LogP contribution in [0.1, 0.15) is 11.3 Å². The summed E-state index contributed by atoms with van der Waals surface area (Å²) in [5.74, 6) is -0.187. The molecular formula is C20H17N3O3. The van der Waals surface area contributed by atoms with Crippen LogP contribution in [0.3, 0.4) is 0 Å². The molecular weight excluding hydrogens is 330 g/mol. The van der Waals surface area contributed by atoms with Crippen LogP contribution in [0.2, 0.25) is 0 Å². The van der Waals surface area contributed by atoms with Crippen molar-refractivity contribution in [2.24, 2.45) is 0 Å². The van der Waals surface area contributed by atoms with E-state index in [1.54, 1.807) is 17.0 Å². The summed E-state index contributed by atoms with van der Waals surface area (Å²) in [6.07, 6.45) is 0.469. The van der Waals surface area contributed by atoms with Gasteiger partial charge in [-0.05, 0) is 23.8 Å². The van der Waals surface area contributed by atoms with Crippen molar-refractivity contribution in [2.45, 2.75) is 25.7 Å². The van der Waals surface area contributed by atoms with Gasteiger partial charge in [-0.25, -0.2) is 9.69 Å². The molecule has 0 radical (unpaired) electrons. The molecule has 26 heavy (non-hydrogen) atoms. The van der Waals surface area contributed by atoms with Crippen molar-refractivity contribution in [3.63, 3.8) is 0 Å². The summed E-state index contributed by atoms with van der Waals surface area (Å²) in [5.41, 5.74) is 3.48. The first-order valence-corrected chi connectivity index (χ1v) is 8.60. The van der Waals surface area contributed by atoms with Crippen molar-refractivity contribution in [3.8, 4) is 0 Å². The quantitative estimate of drug-likeness (QED) is 0.725. The van der Waals surface area contributed by atoms with E-state index in [0.717, 1.165) is 22.2 Å². The number of benzene rings is 2. The molecule has 3 heterocycles. The van der Waals surface area contributed by atoms with Crippen molar-refractivity contribution < 1.29 is 14.7 Å². The molecule has 130 valence electrons. The molecule has 1 aromatic heterocycles. The molecule has 1 saturated heterocycles. The van der Waals surface area contributed by atoms with Gasteiger partial charge in [0.15, 0.2) is 0 Å². The predicted molar refractivity (Wildman–Crippen MR) is 96.5 cm³/mol. The lowest BCUT2D eigenvalue weighted by molar-refractivity contribution is -0.120. The molecule has 6 nitrogen and oxygen atoms in total. The number of hydrogen-bond acceptors (Lipinski definition) is 3. The lowest BCUT2D eigenvalue weighted by Gasteiger charge is -2.28. The van der Waals surface area contributed by atoms with Gasteiger partial charge < -0.3 is 14.6 Å². The number of imide groups is 1. The van der Waals surface area contributed by atoms with Crippen LogP contribution in [0.25, 0.3) is 10.9 Å². The van der Waals surface area contributed by atoms with Crippen LogP contribution in [-0.2, 0) is 24.5 Å². The highest BCUT2D eigenvalue weighted by molar-refractivity contribution is 6.21. The third-order valence-corrected chi connectivity index (χ3v) is 5.39. The zero-order valence-corrected chi connectivity index (χ0v) is 14.0. The first kappa shape index (κ1) is 15.2. The second-order valence-electron chi connectivity index (χ2n) is 6.65. The summed E-state index contributed by atoms with van der Waals surface area (Å²) in [5, 5.41) is 10.9. The summed E-state index contributed by atoms with van der Waals surface area (Å²) in [7, 11) is 0. The van der Waals surface area contributed by atoms with E-state index in [2.05, 4.69) is 0 Å². The summed E-state index contributed by atoms with van der Waals surface area (Å²) in [4.78, 5) is 28.8. The normalized spacial score (nSPS) is 19.2. The fourth-order valence-electron chi connectivity index (χ4n) is 4.18. The monoisotopic (exact) mass is 347 g/mol. The molecule has 5 rings (SSSR count). The number of carbonyl (C=O) groups excluding carboxylic acids is 2. The fraction of sp³-hybridized carbons (Fsp3) is 0.200. The number of urea groups is 1. The average molecular weight is 347 g/mol. The Labute approximate surface area is 149 Å². The molecule has 0 spiro atoms. The Morgan fingerprint density at radius 2 is 1.73 bits per heavy atom. The zero-order valence-electron chi connectivity index (χ0n) is 14.0. The number of aliphatic hydroxyl groups is 1. The highest BCUT2D eigenvalue weighted by Crippen LogP contribution is 2.37. The van der Waals surface area contributed by atoms with E-state index in [4.69, 9.17) is 0 Å². The molecule has 0 saturated carbocycles. The third kappa shape index (κ3) is 1.90. The second-order valence-corrected chi connectivity index (χ2v) is 6.65. The summed E-state index contributed by atoms with van der Waals surface area (Å²) in [6, 6.07) is 16.1. The Morgan fingerprint density at radius 1 is 1.00 bits per heavy atom. The Morgan fingerprint density at radius 3 is 2.50 bits per heavy atom. The van der Waals surface area contributed by atoms with Gasteiger partial charge in [0.2, 0.25) is 0 Å². The Hall–Kier alpha value is -3.12. The van der Waals surface area contributed by atoms with Crippen LogP contribution in [0, 0.1) is 0 Å². The molecule has 2 aliphatic rings. The molecule has 1 atom stereocenters. The van der Waals surface area contributed by atoms with E-state index >= 15 is 0 Å². The number of aliphatic hydroxyl groups excluding tert-OH is 1. The SMILES string of the molecule is O=C1C2Cc3c(n(CO)c4ccccc34)CN2C(=O)N1c1ccccc1. The maximum absolute atomic E-state index is 13.0. The van der Waals surface area contributed by atoms with Crippen LogP contribution in [0.5, 0.6) is 0 Å². The maximum atomic E-state index is 13.0. The standard InChI is InChI=1S/C20H17N3O3/c24-12-22-16-9-5-4-8-14(16)15-10-17-19(25)23(13-6-2-1-3-7-13)20(26)21(17)11-18(15)22/h1-9,17,24H,10-12H2. The van der Waals surface area contributed by atoms with E-state index in [-0.39, 0.29) is 18.7 Å². The molecule has 1 unspecified atom stereocenters. The topological polar surface area (TPSA) is 65.8 Å². The minimum absolute atomic E-state index is 0.154. The van der Waals surface area contributed by atoms with Crippen molar-refractivity contribution >= 4 is 28.5 Å². The highest BCUT2D eigenvalue weighted by atomic mass is 16.3. The lowest BCUT2D eigenvalue weighted by Crippen LogP contribution is -2.40. The molecule has 3 aromatic rings. The van der Waals surface area contributed by atoms with E-state index in [1.807, 2.05) is 47.0 Å². The molecule has 0 bridgehead atoms. The fourth-order valence-corrected chi connectivity index (χ4v) is 4.18. The first-order chi connectivity index (χ1) is 12.7. The van der Waals surface area contributed by atoms with Crippen LogP contribution >= 0.6 is 0 Å². The predicted octanol–water partition coefficient (Wildman–Crippen LogP) is 2.48. The van der Waals surface area contributed by atoms with Gasteiger partial charge in [-0.3, -0.25) is 4.79 Å². The first-order valence-electron chi connectivity index (χ1n) is 8.60. The molecule has 0 aliphatic carbocycles. The van der Waals surface area contributed by atoms with E-state index in [0.29, 0.717) is 18.7 Å². The molecule has 6 heteroatoms. The summed E-state index contributed by atoms with van der Waals surface area (Å²) >= 11 is 0. The Balaban J connectivity index is 1.61. The number of rotatable bonds is 2. The summed E-state index contributed by atoms with van der Waals surface area (Å²) in [6.45, 7) is 0.169.